The lowest BCUT2D eigenvalue weighted by molar-refractivity contribution is 0.152. The Morgan fingerprint density at radius 1 is 1.28 bits per heavy atom. The topological polar surface area (TPSA) is 53.7 Å². The van der Waals surface area contributed by atoms with Gasteiger partial charge in [-0.2, -0.15) is 0 Å². The van der Waals surface area contributed by atoms with Crippen LogP contribution in [0.2, 0.25) is 0 Å². The summed E-state index contributed by atoms with van der Waals surface area (Å²) < 4.78 is 16.2. The Kier molecular flexibility index (Phi) is 4.44. The minimum absolute atomic E-state index is 0.00553. The Morgan fingerprint density at radius 3 is 2.72 bits per heavy atom. The average Bonchev–Trinajstić information content (AvgIpc) is 2.38. The van der Waals surface area contributed by atoms with Crippen molar-refractivity contribution in [2.75, 3.05) is 26.9 Å². The molecule has 0 amide bonds. The molecular formula is C14H21NO3. The molecule has 100 valence electrons. The van der Waals surface area contributed by atoms with Crippen molar-refractivity contribution in [2.45, 2.75) is 19.4 Å². The second-order valence-electron chi connectivity index (χ2n) is 4.81. The SMILES string of the molecule is COCC(C)CC(N)c1ccc2c(c1)OCCO2. The molecule has 0 saturated carbocycles. The van der Waals surface area contributed by atoms with Gasteiger partial charge < -0.3 is 19.9 Å². The molecule has 4 heteroatoms. The zero-order chi connectivity index (χ0) is 13.0. The molecule has 2 unspecified atom stereocenters. The Hall–Kier alpha value is -1.26. The fourth-order valence-corrected chi connectivity index (χ4v) is 2.21. The summed E-state index contributed by atoms with van der Waals surface area (Å²) in [6.07, 6.45) is 0.896. The van der Waals surface area contributed by atoms with Gasteiger partial charge in [-0.05, 0) is 30.0 Å². The van der Waals surface area contributed by atoms with E-state index in [4.69, 9.17) is 19.9 Å². The second kappa shape index (κ2) is 6.07. The largest absolute Gasteiger partial charge is 0.486 e. The average molecular weight is 251 g/mol. The molecule has 1 heterocycles. The summed E-state index contributed by atoms with van der Waals surface area (Å²) in [5, 5.41) is 0. The Labute approximate surface area is 108 Å². The zero-order valence-electron chi connectivity index (χ0n) is 11.0. The molecule has 0 aromatic heterocycles. The molecule has 0 fully saturated rings. The molecule has 2 atom stereocenters. The summed E-state index contributed by atoms with van der Waals surface area (Å²) in [6, 6.07) is 5.94. The van der Waals surface area contributed by atoms with Gasteiger partial charge in [-0.3, -0.25) is 0 Å². The van der Waals surface area contributed by atoms with Crippen molar-refractivity contribution < 1.29 is 14.2 Å². The maximum atomic E-state index is 6.21. The summed E-state index contributed by atoms with van der Waals surface area (Å²) in [4.78, 5) is 0. The molecule has 4 nitrogen and oxygen atoms in total. The van der Waals surface area contributed by atoms with Crippen molar-refractivity contribution in [3.8, 4) is 11.5 Å². The highest BCUT2D eigenvalue weighted by atomic mass is 16.6. The van der Waals surface area contributed by atoms with Crippen LogP contribution >= 0.6 is 0 Å². The van der Waals surface area contributed by atoms with Crippen molar-refractivity contribution >= 4 is 0 Å². The van der Waals surface area contributed by atoms with E-state index in [2.05, 4.69) is 6.92 Å². The highest BCUT2D eigenvalue weighted by molar-refractivity contribution is 5.44. The number of benzene rings is 1. The first-order valence-electron chi connectivity index (χ1n) is 6.34. The third kappa shape index (κ3) is 3.15. The predicted molar refractivity (Wildman–Crippen MR) is 70.0 cm³/mol. The summed E-state index contributed by atoms with van der Waals surface area (Å²) in [6.45, 7) is 4.09. The highest BCUT2D eigenvalue weighted by Gasteiger charge is 2.16. The third-order valence-corrected chi connectivity index (χ3v) is 3.10. The number of hydrogen-bond donors (Lipinski definition) is 1. The van der Waals surface area contributed by atoms with E-state index in [1.165, 1.54) is 0 Å². The molecule has 1 aliphatic rings. The van der Waals surface area contributed by atoms with Gasteiger partial charge in [0, 0.05) is 19.8 Å². The Balaban J connectivity index is 2.04. The molecule has 0 spiro atoms. The van der Waals surface area contributed by atoms with Crippen LogP contribution in [-0.4, -0.2) is 26.9 Å². The summed E-state index contributed by atoms with van der Waals surface area (Å²) in [5.74, 6) is 2.05. The quantitative estimate of drug-likeness (QED) is 0.871. The molecule has 18 heavy (non-hydrogen) atoms. The number of ether oxygens (including phenoxy) is 3. The van der Waals surface area contributed by atoms with Crippen LogP contribution in [-0.2, 0) is 4.74 Å². The number of nitrogens with two attached hydrogens (primary N) is 1. The maximum absolute atomic E-state index is 6.21. The summed E-state index contributed by atoms with van der Waals surface area (Å²) in [5.41, 5.74) is 7.29. The van der Waals surface area contributed by atoms with Gasteiger partial charge in [-0.15, -0.1) is 0 Å². The standard InChI is InChI=1S/C14H21NO3/c1-10(9-16-2)7-12(15)11-3-4-13-14(8-11)18-6-5-17-13/h3-4,8,10,12H,5-7,9,15H2,1-2H3. The maximum Gasteiger partial charge on any atom is 0.161 e. The first-order chi connectivity index (χ1) is 8.70. The van der Waals surface area contributed by atoms with E-state index in [9.17, 15) is 0 Å². The Morgan fingerprint density at radius 2 is 2.00 bits per heavy atom. The molecule has 0 aliphatic carbocycles. The lowest BCUT2D eigenvalue weighted by Gasteiger charge is -2.21. The van der Waals surface area contributed by atoms with Crippen LogP contribution in [0.25, 0.3) is 0 Å². The first-order valence-corrected chi connectivity index (χ1v) is 6.34. The molecule has 1 aromatic rings. The normalized spacial score (nSPS) is 17.3. The van der Waals surface area contributed by atoms with Gasteiger partial charge >= 0.3 is 0 Å². The van der Waals surface area contributed by atoms with Crippen LogP contribution in [0.15, 0.2) is 18.2 Å². The van der Waals surface area contributed by atoms with E-state index in [-0.39, 0.29) is 6.04 Å². The van der Waals surface area contributed by atoms with Crippen LogP contribution in [0.1, 0.15) is 24.9 Å². The van der Waals surface area contributed by atoms with Gasteiger partial charge in [0.1, 0.15) is 13.2 Å². The number of hydrogen-bond acceptors (Lipinski definition) is 4. The minimum atomic E-state index is 0.00553. The van der Waals surface area contributed by atoms with E-state index in [1.54, 1.807) is 7.11 Å². The van der Waals surface area contributed by atoms with E-state index in [0.717, 1.165) is 30.1 Å². The number of rotatable bonds is 5. The van der Waals surface area contributed by atoms with Gasteiger partial charge in [-0.25, -0.2) is 0 Å². The number of methoxy groups -OCH3 is 1. The van der Waals surface area contributed by atoms with Gasteiger partial charge in [0.2, 0.25) is 0 Å². The van der Waals surface area contributed by atoms with Crippen LogP contribution in [0, 0.1) is 5.92 Å². The second-order valence-corrected chi connectivity index (χ2v) is 4.81. The monoisotopic (exact) mass is 251 g/mol. The third-order valence-electron chi connectivity index (χ3n) is 3.10. The van der Waals surface area contributed by atoms with E-state index < -0.39 is 0 Å². The molecule has 2 N–H and O–H groups in total. The van der Waals surface area contributed by atoms with Crippen molar-refractivity contribution in [3.05, 3.63) is 23.8 Å². The zero-order valence-corrected chi connectivity index (χ0v) is 11.0. The van der Waals surface area contributed by atoms with Crippen LogP contribution < -0.4 is 15.2 Å². The summed E-state index contributed by atoms with van der Waals surface area (Å²) >= 11 is 0. The summed E-state index contributed by atoms with van der Waals surface area (Å²) in [7, 11) is 1.71. The van der Waals surface area contributed by atoms with Gasteiger partial charge in [0.25, 0.3) is 0 Å². The van der Waals surface area contributed by atoms with Crippen LogP contribution in [0.4, 0.5) is 0 Å². The Bertz CT molecular complexity index is 395. The molecule has 0 saturated heterocycles. The fourth-order valence-electron chi connectivity index (χ4n) is 2.21. The van der Waals surface area contributed by atoms with Crippen molar-refractivity contribution in [1.29, 1.82) is 0 Å². The highest BCUT2D eigenvalue weighted by Crippen LogP contribution is 2.33. The van der Waals surface area contributed by atoms with Crippen molar-refractivity contribution in [2.24, 2.45) is 11.7 Å². The fraction of sp³-hybridized carbons (Fsp3) is 0.571. The molecule has 1 aliphatic heterocycles. The van der Waals surface area contributed by atoms with Crippen LogP contribution in [0.3, 0.4) is 0 Å². The lowest BCUT2D eigenvalue weighted by Crippen LogP contribution is -2.18. The molecule has 1 aromatic carbocycles. The molecule has 0 radical (unpaired) electrons. The smallest absolute Gasteiger partial charge is 0.161 e. The molecule has 0 bridgehead atoms. The van der Waals surface area contributed by atoms with Crippen molar-refractivity contribution in [1.82, 2.24) is 0 Å². The van der Waals surface area contributed by atoms with E-state index in [1.807, 2.05) is 18.2 Å². The van der Waals surface area contributed by atoms with Gasteiger partial charge in [-0.1, -0.05) is 13.0 Å². The first kappa shape index (κ1) is 13.2. The minimum Gasteiger partial charge on any atom is -0.486 e. The van der Waals surface area contributed by atoms with Crippen LogP contribution in [0.5, 0.6) is 11.5 Å². The van der Waals surface area contributed by atoms with E-state index >= 15 is 0 Å². The predicted octanol–water partition coefficient (Wildman–Crippen LogP) is 2.13. The molecular weight excluding hydrogens is 230 g/mol. The van der Waals surface area contributed by atoms with Gasteiger partial charge in [0.05, 0.1) is 0 Å². The molecule has 2 rings (SSSR count). The number of fused-ring (bicyclic) bond motifs is 1. The van der Waals surface area contributed by atoms with Gasteiger partial charge in [0.15, 0.2) is 11.5 Å². The van der Waals surface area contributed by atoms with E-state index in [0.29, 0.717) is 19.1 Å². The van der Waals surface area contributed by atoms with Crippen molar-refractivity contribution in [3.63, 3.8) is 0 Å². The lowest BCUT2D eigenvalue weighted by atomic mass is 9.97.